The molecule has 1 aromatic heterocycles. The van der Waals surface area contributed by atoms with Crippen LogP contribution in [0.4, 0.5) is 0 Å². The molecule has 124 valence electrons. The van der Waals surface area contributed by atoms with Gasteiger partial charge >= 0.3 is 0 Å². The molecule has 1 fully saturated rings. The Balaban J connectivity index is 1.88. The second-order valence-electron chi connectivity index (χ2n) is 6.32. The van der Waals surface area contributed by atoms with E-state index in [2.05, 4.69) is 10.1 Å². The monoisotopic (exact) mass is 317 g/mol. The third-order valence-electron chi connectivity index (χ3n) is 4.14. The fourth-order valence-corrected chi connectivity index (χ4v) is 2.92. The first-order valence-corrected chi connectivity index (χ1v) is 8.00. The Bertz CT molecular complexity index is 675. The molecule has 6 nitrogen and oxygen atoms in total. The first-order chi connectivity index (χ1) is 11.0. The minimum atomic E-state index is -0.452. The fourth-order valence-electron chi connectivity index (χ4n) is 2.92. The predicted octanol–water partition coefficient (Wildman–Crippen LogP) is 3.26. The second-order valence-corrected chi connectivity index (χ2v) is 6.32. The normalized spacial score (nSPS) is 16.7. The van der Waals surface area contributed by atoms with Crippen molar-refractivity contribution >= 4 is 0 Å². The Morgan fingerprint density at radius 2 is 1.96 bits per heavy atom. The number of rotatable bonds is 5. The Morgan fingerprint density at radius 3 is 2.61 bits per heavy atom. The standard InChI is InChI=1S/C17H23N3O3/c1-11(2)22-13-7-6-12(10-14(13)21-3)15-19-16(20-23-15)17(18)8-4-5-9-17/h6-7,10-11H,4-5,8-9,18H2,1-3H3. The molecule has 1 saturated carbocycles. The highest BCUT2D eigenvalue weighted by Crippen LogP contribution is 2.37. The summed E-state index contributed by atoms with van der Waals surface area (Å²) in [4.78, 5) is 4.50. The molecule has 1 aromatic carbocycles. The van der Waals surface area contributed by atoms with Gasteiger partial charge in [0.1, 0.15) is 0 Å². The Labute approximate surface area is 136 Å². The average molecular weight is 317 g/mol. The highest BCUT2D eigenvalue weighted by Gasteiger charge is 2.36. The van der Waals surface area contributed by atoms with E-state index in [9.17, 15) is 0 Å². The summed E-state index contributed by atoms with van der Waals surface area (Å²) >= 11 is 0. The van der Waals surface area contributed by atoms with Gasteiger partial charge in [-0.05, 0) is 44.9 Å². The molecule has 0 atom stereocenters. The molecule has 6 heteroatoms. The minimum Gasteiger partial charge on any atom is -0.493 e. The molecule has 23 heavy (non-hydrogen) atoms. The van der Waals surface area contributed by atoms with Gasteiger partial charge in [-0.15, -0.1) is 0 Å². The molecule has 0 amide bonds. The zero-order valence-electron chi connectivity index (χ0n) is 13.8. The highest BCUT2D eigenvalue weighted by atomic mass is 16.5. The van der Waals surface area contributed by atoms with E-state index in [4.69, 9.17) is 19.7 Å². The molecule has 0 unspecified atom stereocenters. The number of nitrogens with zero attached hydrogens (tertiary/aromatic N) is 2. The van der Waals surface area contributed by atoms with Crippen molar-refractivity contribution in [3.63, 3.8) is 0 Å². The van der Waals surface area contributed by atoms with Crippen LogP contribution in [0.25, 0.3) is 11.5 Å². The van der Waals surface area contributed by atoms with Crippen molar-refractivity contribution in [3.8, 4) is 23.0 Å². The van der Waals surface area contributed by atoms with Crippen molar-refractivity contribution in [2.45, 2.75) is 51.2 Å². The third kappa shape index (κ3) is 3.17. The Hall–Kier alpha value is -2.08. The van der Waals surface area contributed by atoms with Crippen molar-refractivity contribution < 1.29 is 14.0 Å². The summed E-state index contributed by atoms with van der Waals surface area (Å²) in [6, 6.07) is 5.58. The van der Waals surface area contributed by atoms with Crippen molar-refractivity contribution in [1.82, 2.24) is 10.1 Å². The van der Waals surface area contributed by atoms with Crippen LogP contribution in [-0.2, 0) is 5.54 Å². The molecule has 1 heterocycles. The van der Waals surface area contributed by atoms with Gasteiger partial charge in [0.05, 0.1) is 18.8 Å². The van der Waals surface area contributed by atoms with Gasteiger partial charge in [0.15, 0.2) is 17.3 Å². The summed E-state index contributed by atoms with van der Waals surface area (Å²) in [6.07, 6.45) is 4.09. The first-order valence-electron chi connectivity index (χ1n) is 8.00. The Morgan fingerprint density at radius 1 is 1.22 bits per heavy atom. The largest absolute Gasteiger partial charge is 0.493 e. The average Bonchev–Trinajstić information content (AvgIpc) is 3.17. The molecule has 0 saturated heterocycles. The van der Waals surface area contributed by atoms with Gasteiger partial charge < -0.3 is 19.7 Å². The van der Waals surface area contributed by atoms with Gasteiger partial charge in [-0.25, -0.2) is 0 Å². The maximum atomic E-state index is 6.38. The van der Waals surface area contributed by atoms with Crippen LogP contribution in [0.15, 0.2) is 22.7 Å². The lowest BCUT2D eigenvalue weighted by Gasteiger charge is -2.17. The molecule has 0 radical (unpaired) electrons. The molecule has 0 bridgehead atoms. The van der Waals surface area contributed by atoms with Gasteiger partial charge in [-0.1, -0.05) is 18.0 Å². The molecule has 3 rings (SSSR count). The van der Waals surface area contributed by atoms with E-state index in [0.717, 1.165) is 31.2 Å². The van der Waals surface area contributed by atoms with Crippen LogP contribution in [0.5, 0.6) is 11.5 Å². The van der Waals surface area contributed by atoms with Crippen LogP contribution in [0.2, 0.25) is 0 Å². The topological polar surface area (TPSA) is 83.4 Å². The van der Waals surface area contributed by atoms with Crippen LogP contribution < -0.4 is 15.2 Å². The van der Waals surface area contributed by atoms with E-state index in [1.54, 1.807) is 7.11 Å². The van der Waals surface area contributed by atoms with Gasteiger partial charge in [0, 0.05) is 5.56 Å². The summed E-state index contributed by atoms with van der Waals surface area (Å²) in [5.41, 5.74) is 6.72. The molecule has 2 N–H and O–H groups in total. The summed E-state index contributed by atoms with van der Waals surface area (Å²) in [5, 5.41) is 4.09. The molecule has 0 aliphatic heterocycles. The molecule has 1 aliphatic rings. The van der Waals surface area contributed by atoms with Crippen LogP contribution in [0.3, 0.4) is 0 Å². The fraction of sp³-hybridized carbons (Fsp3) is 0.529. The highest BCUT2D eigenvalue weighted by molar-refractivity contribution is 5.59. The smallest absolute Gasteiger partial charge is 0.258 e. The maximum Gasteiger partial charge on any atom is 0.258 e. The lowest BCUT2D eigenvalue weighted by molar-refractivity contribution is 0.230. The van der Waals surface area contributed by atoms with Crippen LogP contribution in [-0.4, -0.2) is 23.4 Å². The van der Waals surface area contributed by atoms with Crippen molar-refractivity contribution in [2.24, 2.45) is 5.73 Å². The lowest BCUT2D eigenvalue weighted by Crippen LogP contribution is -2.34. The van der Waals surface area contributed by atoms with Crippen LogP contribution in [0, 0.1) is 0 Å². The maximum absolute atomic E-state index is 6.38. The van der Waals surface area contributed by atoms with Crippen molar-refractivity contribution in [3.05, 3.63) is 24.0 Å². The summed E-state index contributed by atoms with van der Waals surface area (Å²) in [6.45, 7) is 3.94. The predicted molar refractivity (Wildman–Crippen MR) is 86.4 cm³/mol. The lowest BCUT2D eigenvalue weighted by atomic mass is 9.99. The van der Waals surface area contributed by atoms with E-state index in [0.29, 0.717) is 23.2 Å². The van der Waals surface area contributed by atoms with Crippen molar-refractivity contribution in [1.29, 1.82) is 0 Å². The van der Waals surface area contributed by atoms with Gasteiger partial charge in [0.2, 0.25) is 0 Å². The third-order valence-corrected chi connectivity index (χ3v) is 4.14. The quantitative estimate of drug-likeness (QED) is 0.911. The summed E-state index contributed by atoms with van der Waals surface area (Å²) in [7, 11) is 1.61. The Kier molecular flexibility index (Phi) is 4.26. The number of nitrogens with two attached hydrogens (primary N) is 1. The van der Waals surface area contributed by atoms with Crippen molar-refractivity contribution in [2.75, 3.05) is 7.11 Å². The van der Waals surface area contributed by atoms with Gasteiger partial charge in [-0.3, -0.25) is 0 Å². The van der Waals surface area contributed by atoms with E-state index in [-0.39, 0.29) is 6.10 Å². The van der Waals surface area contributed by atoms with E-state index in [1.165, 1.54) is 0 Å². The molecule has 0 spiro atoms. The number of hydrogen-bond donors (Lipinski definition) is 1. The summed E-state index contributed by atoms with van der Waals surface area (Å²) < 4.78 is 16.5. The van der Waals surface area contributed by atoms with Crippen LogP contribution >= 0.6 is 0 Å². The molecular formula is C17H23N3O3. The number of ether oxygens (including phenoxy) is 2. The van der Waals surface area contributed by atoms with E-state index in [1.807, 2.05) is 32.0 Å². The molecule has 2 aromatic rings. The zero-order valence-corrected chi connectivity index (χ0v) is 13.8. The van der Waals surface area contributed by atoms with E-state index < -0.39 is 5.54 Å². The second kappa shape index (κ2) is 6.20. The van der Waals surface area contributed by atoms with Gasteiger partial charge in [-0.2, -0.15) is 4.98 Å². The first kappa shape index (κ1) is 15.8. The summed E-state index contributed by atoms with van der Waals surface area (Å²) in [5.74, 6) is 2.37. The van der Waals surface area contributed by atoms with Crippen LogP contribution in [0.1, 0.15) is 45.4 Å². The zero-order chi connectivity index (χ0) is 16.4. The number of methoxy groups -OCH3 is 1. The SMILES string of the molecule is COc1cc(-c2nc(C3(N)CCCC3)no2)ccc1OC(C)C. The number of benzene rings is 1. The van der Waals surface area contributed by atoms with Gasteiger partial charge in [0.25, 0.3) is 5.89 Å². The molecule has 1 aliphatic carbocycles. The number of aromatic nitrogens is 2. The molecular weight excluding hydrogens is 294 g/mol. The van der Waals surface area contributed by atoms with E-state index >= 15 is 0 Å². The minimum absolute atomic E-state index is 0.0734. The number of hydrogen-bond acceptors (Lipinski definition) is 6.